The van der Waals surface area contributed by atoms with Crippen molar-refractivity contribution in [2.24, 2.45) is 0 Å². The molecule has 0 aliphatic rings. The molecule has 4 heteroatoms. The van der Waals surface area contributed by atoms with Crippen molar-refractivity contribution in [2.45, 2.75) is 19.4 Å². The van der Waals surface area contributed by atoms with Crippen molar-refractivity contribution in [3.8, 4) is 0 Å². The fraction of sp³-hybridized carbons (Fsp3) is 0.500. The zero-order chi connectivity index (χ0) is 12.0. The van der Waals surface area contributed by atoms with Gasteiger partial charge < -0.3 is 20.9 Å². The third-order valence-electron chi connectivity index (χ3n) is 2.58. The highest BCUT2D eigenvalue weighted by molar-refractivity contribution is 5.63. The summed E-state index contributed by atoms with van der Waals surface area (Å²) in [6, 6.07) is 5.87. The molecule has 0 heterocycles. The molecule has 0 aliphatic heterocycles. The number of nitrogens with one attached hydrogen (secondary N) is 1. The van der Waals surface area contributed by atoms with Gasteiger partial charge in [0.15, 0.2) is 0 Å². The van der Waals surface area contributed by atoms with E-state index < -0.39 is 0 Å². The molecule has 1 atom stereocenters. The van der Waals surface area contributed by atoms with Gasteiger partial charge >= 0.3 is 0 Å². The summed E-state index contributed by atoms with van der Waals surface area (Å²) in [4.78, 5) is 0. The van der Waals surface area contributed by atoms with Gasteiger partial charge in [0.1, 0.15) is 0 Å². The molecule has 1 aromatic carbocycles. The molecule has 0 radical (unpaired) electrons. The van der Waals surface area contributed by atoms with E-state index in [1.54, 1.807) is 7.11 Å². The normalized spacial score (nSPS) is 12.4. The fourth-order valence-corrected chi connectivity index (χ4v) is 1.58. The van der Waals surface area contributed by atoms with E-state index in [2.05, 4.69) is 5.32 Å². The van der Waals surface area contributed by atoms with Gasteiger partial charge in [0.25, 0.3) is 0 Å². The number of nitrogens with two attached hydrogens (primary N) is 1. The second-order valence-electron chi connectivity index (χ2n) is 3.83. The monoisotopic (exact) mass is 224 g/mol. The number of hydrogen-bond donors (Lipinski definition) is 3. The topological polar surface area (TPSA) is 67.5 Å². The first kappa shape index (κ1) is 12.8. The first-order valence-corrected chi connectivity index (χ1v) is 5.40. The third-order valence-corrected chi connectivity index (χ3v) is 2.58. The quantitative estimate of drug-likeness (QED) is 0.639. The van der Waals surface area contributed by atoms with E-state index in [4.69, 9.17) is 15.6 Å². The number of aliphatic hydroxyl groups excluding tert-OH is 1. The molecule has 0 amide bonds. The number of aliphatic hydroxyl groups is 1. The lowest BCUT2D eigenvalue weighted by atomic mass is 10.1. The van der Waals surface area contributed by atoms with Crippen LogP contribution in [0.1, 0.15) is 12.0 Å². The molecular formula is C12H20N2O2. The van der Waals surface area contributed by atoms with Crippen LogP contribution in [0.5, 0.6) is 0 Å². The van der Waals surface area contributed by atoms with Crippen molar-refractivity contribution < 1.29 is 9.84 Å². The molecule has 4 nitrogen and oxygen atoms in total. The van der Waals surface area contributed by atoms with Gasteiger partial charge in [-0.05, 0) is 31.0 Å². The highest BCUT2D eigenvalue weighted by atomic mass is 16.5. The molecule has 0 bridgehead atoms. The average molecular weight is 224 g/mol. The van der Waals surface area contributed by atoms with E-state index in [9.17, 15) is 0 Å². The summed E-state index contributed by atoms with van der Waals surface area (Å²) in [6.45, 7) is 2.68. The van der Waals surface area contributed by atoms with E-state index in [0.29, 0.717) is 13.0 Å². The maximum Gasteiger partial charge on any atom is 0.0664 e. The van der Waals surface area contributed by atoms with Crippen LogP contribution >= 0.6 is 0 Å². The van der Waals surface area contributed by atoms with Crippen LogP contribution in [0.25, 0.3) is 0 Å². The number of anilines is 2. The molecule has 0 aliphatic carbocycles. The molecule has 0 saturated heterocycles. The van der Waals surface area contributed by atoms with E-state index in [0.717, 1.165) is 16.9 Å². The predicted molar refractivity (Wildman–Crippen MR) is 66.6 cm³/mol. The van der Waals surface area contributed by atoms with Crippen LogP contribution in [-0.4, -0.2) is 31.5 Å². The number of benzene rings is 1. The van der Waals surface area contributed by atoms with E-state index in [1.165, 1.54) is 0 Å². The van der Waals surface area contributed by atoms with Gasteiger partial charge in [-0.15, -0.1) is 0 Å². The van der Waals surface area contributed by atoms with Crippen molar-refractivity contribution in [3.63, 3.8) is 0 Å². The van der Waals surface area contributed by atoms with Crippen LogP contribution in [0.15, 0.2) is 18.2 Å². The summed E-state index contributed by atoms with van der Waals surface area (Å²) in [7, 11) is 1.65. The Morgan fingerprint density at radius 3 is 2.88 bits per heavy atom. The first-order valence-electron chi connectivity index (χ1n) is 5.40. The molecule has 90 valence electrons. The standard InChI is InChI=1S/C12H20N2O2/c1-9-11(13)4-3-5-12(9)14-10(6-7-15)8-16-2/h3-5,10,14-15H,6-8,13H2,1-2H3. The minimum atomic E-state index is 0.107. The maximum atomic E-state index is 8.94. The first-order chi connectivity index (χ1) is 7.69. The van der Waals surface area contributed by atoms with E-state index >= 15 is 0 Å². The molecule has 4 N–H and O–H groups in total. The molecule has 0 saturated carbocycles. The van der Waals surface area contributed by atoms with Crippen LogP contribution in [-0.2, 0) is 4.74 Å². The average Bonchev–Trinajstić information content (AvgIpc) is 2.25. The van der Waals surface area contributed by atoms with E-state index in [1.807, 2.05) is 25.1 Å². The largest absolute Gasteiger partial charge is 0.398 e. The van der Waals surface area contributed by atoms with Crippen molar-refractivity contribution in [3.05, 3.63) is 23.8 Å². The van der Waals surface area contributed by atoms with Gasteiger partial charge in [0, 0.05) is 25.1 Å². The SMILES string of the molecule is COCC(CCO)Nc1cccc(N)c1C. The van der Waals surface area contributed by atoms with Gasteiger partial charge in [0.05, 0.1) is 12.6 Å². The predicted octanol–water partition coefficient (Wildman–Crippen LogP) is 1.39. The summed E-state index contributed by atoms with van der Waals surface area (Å²) < 4.78 is 5.09. The molecule has 0 aromatic heterocycles. The Balaban J connectivity index is 2.72. The number of ether oxygens (including phenoxy) is 1. The number of hydrogen-bond acceptors (Lipinski definition) is 4. The Bertz CT molecular complexity index is 323. The van der Waals surface area contributed by atoms with Gasteiger partial charge in [-0.25, -0.2) is 0 Å². The van der Waals surface area contributed by atoms with Crippen LogP contribution in [0.4, 0.5) is 11.4 Å². The van der Waals surface area contributed by atoms with Crippen LogP contribution in [0, 0.1) is 6.92 Å². The van der Waals surface area contributed by atoms with E-state index in [-0.39, 0.29) is 12.6 Å². The third kappa shape index (κ3) is 3.40. The Morgan fingerprint density at radius 2 is 2.25 bits per heavy atom. The number of rotatable bonds is 6. The Kier molecular flexibility index (Phi) is 5.08. The smallest absolute Gasteiger partial charge is 0.0664 e. The van der Waals surface area contributed by atoms with Gasteiger partial charge in [-0.3, -0.25) is 0 Å². The van der Waals surface area contributed by atoms with Crippen molar-refractivity contribution in [1.82, 2.24) is 0 Å². The highest BCUT2D eigenvalue weighted by Gasteiger charge is 2.09. The lowest BCUT2D eigenvalue weighted by Gasteiger charge is -2.20. The minimum Gasteiger partial charge on any atom is -0.398 e. The van der Waals surface area contributed by atoms with Crippen molar-refractivity contribution in [2.75, 3.05) is 31.4 Å². The van der Waals surface area contributed by atoms with Crippen LogP contribution < -0.4 is 11.1 Å². The molecule has 0 fully saturated rings. The summed E-state index contributed by atoms with van der Waals surface area (Å²) in [5.41, 5.74) is 8.62. The molecule has 1 unspecified atom stereocenters. The summed E-state index contributed by atoms with van der Waals surface area (Å²) in [5.74, 6) is 0. The Labute approximate surface area is 96.4 Å². The summed E-state index contributed by atoms with van der Waals surface area (Å²) in [5, 5.41) is 12.3. The second kappa shape index (κ2) is 6.35. The number of nitrogen functional groups attached to an aromatic ring is 1. The number of methoxy groups -OCH3 is 1. The van der Waals surface area contributed by atoms with Crippen molar-refractivity contribution in [1.29, 1.82) is 0 Å². The summed E-state index contributed by atoms with van der Waals surface area (Å²) in [6.07, 6.45) is 0.655. The second-order valence-corrected chi connectivity index (χ2v) is 3.83. The molecule has 1 aromatic rings. The Hall–Kier alpha value is -1.26. The Morgan fingerprint density at radius 1 is 1.50 bits per heavy atom. The maximum absolute atomic E-state index is 8.94. The zero-order valence-corrected chi connectivity index (χ0v) is 9.86. The fourth-order valence-electron chi connectivity index (χ4n) is 1.58. The molecule has 16 heavy (non-hydrogen) atoms. The van der Waals surface area contributed by atoms with Gasteiger partial charge in [0.2, 0.25) is 0 Å². The highest BCUT2D eigenvalue weighted by Crippen LogP contribution is 2.21. The van der Waals surface area contributed by atoms with Gasteiger partial charge in [-0.1, -0.05) is 6.07 Å². The summed E-state index contributed by atoms with van der Waals surface area (Å²) >= 11 is 0. The van der Waals surface area contributed by atoms with Crippen LogP contribution in [0.3, 0.4) is 0 Å². The molecule has 0 spiro atoms. The lowest BCUT2D eigenvalue weighted by Crippen LogP contribution is -2.26. The minimum absolute atomic E-state index is 0.107. The van der Waals surface area contributed by atoms with Crippen molar-refractivity contribution >= 4 is 11.4 Å². The van der Waals surface area contributed by atoms with Crippen LogP contribution in [0.2, 0.25) is 0 Å². The zero-order valence-electron chi connectivity index (χ0n) is 9.86. The lowest BCUT2D eigenvalue weighted by molar-refractivity contribution is 0.170. The molecular weight excluding hydrogens is 204 g/mol. The van der Waals surface area contributed by atoms with Gasteiger partial charge in [-0.2, -0.15) is 0 Å². The molecule has 1 rings (SSSR count).